The third kappa shape index (κ3) is 2.36. The third-order valence-electron chi connectivity index (χ3n) is 6.94. The average molecular weight is 420 g/mol. The van der Waals surface area contributed by atoms with Crippen molar-refractivity contribution >= 4 is 27.4 Å². The van der Waals surface area contributed by atoms with Gasteiger partial charge in [-0.25, -0.2) is 4.98 Å². The van der Waals surface area contributed by atoms with E-state index in [-0.39, 0.29) is 24.0 Å². The van der Waals surface area contributed by atoms with Gasteiger partial charge in [0.2, 0.25) is 0 Å². The van der Waals surface area contributed by atoms with Gasteiger partial charge in [-0.1, -0.05) is 12.8 Å². The van der Waals surface area contributed by atoms with E-state index in [0.717, 1.165) is 54.5 Å². The van der Waals surface area contributed by atoms with Crippen LogP contribution >= 0.6 is 15.9 Å². The monoisotopic (exact) mass is 419 g/mol. The normalized spacial score (nSPS) is 29.7. The van der Waals surface area contributed by atoms with Crippen LogP contribution in [0.4, 0.5) is 5.82 Å². The molecule has 140 valence electrons. The van der Waals surface area contributed by atoms with E-state index in [2.05, 4.69) is 26.3 Å². The molecule has 5 rings (SSSR count). The first-order chi connectivity index (χ1) is 12.6. The molecule has 0 aromatic carbocycles. The van der Waals surface area contributed by atoms with E-state index in [1.807, 2.05) is 10.7 Å². The quantitative estimate of drug-likeness (QED) is 0.711. The predicted octanol–water partition coefficient (Wildman–Crippen LogP) is 2.76. The minimum Gasteiger partial charge on any atom is -0.396 e. The summed E-state index contributed by atoms with van der Waals surface area (Å²) in [6, 6.07) is 0.670. The fraction of sp³-hybridized carbons (Fsp3) is 0.684. The third-order valence-corrected chi connectivity index (χ3v) is 7.50. The molecule has 3 atom stereocenters. The highest BCUT2D eigenvalue weighted by Crippen LogP contribution is 2.54. The molecule has 7 heteroatoms. The second-order valence-corrected chi connectivity index (χ2v) is 9.23. The molecule has 0 amide bonds. The Hall–Kier alpha value is -1.18. The molecule has 2 heterocycles. The van der Waals surface area contributed by atoms with Crippen molar-refractivity contribution in [3.05, 3.63) is 21.9 Å². The summed E-state index contributed by atoms with van der Waals surface area (Å²) < 4.78 is 2.86. The van der Waals surface area contributed by atoms with E-state index < -0.39 is 0 Å². The Morgan fingerprint density at radius 1 is 1.35 bits per heavy atom. The molecule has 0 bridgehead atoms. The first kappa shape index (κ1) is 17.0. The number of aliphatic hydroxyl groups excluding tert-OH is 1. The highest BCUT2D eigenvalue weighted by Gasteiger charge is 2.50. The molecule has 26 heavy (non-hydrogen) atoms. The lowest BCUT2D eigenvalue weighted by atomic mass is 9.76. The SMILES string of the molecule is N[C@H]1CC[C@H](Nc2c3c(nc4c(Br)cnn24)C2(CCCC2)[C@@H](CO)C3)C1. The summed E-state index contributed by atoms with van der Waals surface area (Å²) in [5, 5.41) is 18.5. The van der Waals surface area contributed by atoms with E-state index in [0.29, 0.717) is 6.04 Å². The van der Waals surface area contributed by atoms with Gasteiger partial charge in [0.1, 0.15) is 5.82 Å². The van der Waals surface area contributed by atoms with Crippen molar-refractivity contribution in [1.82, 2.24) is 14.6 Å². The van der Waals surface area contributed by atoms with Gasteiger partial charge in [-0.15, -0.1) is 0 Å². The molecule has 2 saturated carbocycles. The van der Waals surface area contributed by atoms with Gasteiger partial charge >= 0.3 is 0 Å². The van der Waals surface area contributed by atoms with Gasteiger partial charge in [0, 0.05) is 29.7 Å². The Morgan fingerprint density at radius 2 is 2.15 bits per heavy atom. The lowest BCUT2D eigenvalue weighted by Gasteiger charge is -2.30. The molecule has 6 nitrogen and oxygen atoms in total. The number of aromatic nitrogens is 3. The van der Waals surface area contributed by atoms with E-state index in [4.69, 9.17) is 10.7 Å². The smallest absolute Gasteiger partial charge is 0.171 e. The van der Waals surface area contributed by atoms with Crippen molar-refractivity contribution < 1.29 is 5.11 Å². The maximum absolute atomic E-state index is 10.1. The number of halogens is 1. The summed E-state index contributed by atoms with van der Waals surface area (Å²) in [5.74, 6) is 1.33. The molecule has 3 aliphatic carbocycles. The Balaban J connectivity index is 1.67. The zero-order valence-electron chi connectivity index (χ0n) is 14.9. The number of nitrogens with two attached hydrogens (primary N) is 1. The second-order valence-electron chi connectivity index (χ2n) is 8.38. The first-order valence-electron chi connectivity index (χ1n) is 9.82. The summed E-state index contributed by atoms with van der Waals surface area (Å²) in [7, 11) is 0. The minimum absolute atomic E-state index is 0.0397. The van der Waals surface area contributed by atoms with Gasteiger partial charge < -0.3 is 16.2 Å². The maximum Gasteiger partial charge on any atom is 0.171 e. The molecule has 1 spiro atoms. The van der Waals surface area contributed by atoms with Crippen molar-refractivity contribution in [1.29, 1.82) is 0 Å². The molecular formula is C19H26BrN5O. The zero-order valence-corrected chi connectivity index (χ0v) is 16.5. The van der Waals surface area contributed by atoms with E-state index in [9.17, 15) is 5.11 Å². The van der Waals surface area contributed by atoms with Gasteiger partial charge in [0.25, 0.3) is 0 Å². The van der Waals surface area contributed by atoms with Crippen LogP contribution in [0.5, 0.6) is 0 Å². The van der Waals surface area contributed by atoms with Crippen LogP contribution in [0.2, 0.25) is 0 Å². The summed E-state index contributed by atoms with van der Waals surface area (Å²) in [6.07, 6.45) is 10.6. The summed E-state index contributed by atoms with van der Waals surface area (Å²) in [5.41, 5.74) is 9.50. The van der Waals surface area contributed by atoms with Crippen molar-refractivity contribution in [2.45, 2.75) is 68.9 Å². The van der Waals surface area contributed by atoms with Crippen LogP contribution in [0.25, 0.3) is 5.65 Å². The molecule has 0 saturated heterocycles. The Morgan fingerprint density at radius 3 is 2.85 bits per heavy atom. The van der Waals surface area contributed by atoms with Crippen LogP contribution in [0.1, 0.15) is 56.2 Å². The maximum atomic E-state index is 10.1. The number of fused-ring (bicyclic) bond motifs is 3. The van der Waals surface area contributed by atoms with Crippen molar-refractivity contribution in [3.63, 3.8) is 0 Å². The second kappa shape index (κ2) is 6.17. The first-order valence-corrected chi connectivity index (χ1v) is 10.6. The van der Waals surface area contributed by atoms with Gasteiger partial charge in [-0.3, -0.25) is 0 Å². The standard InChI is InChI=1S/C19H26BrN5O/c20-15-9-22-25-17(23-13-4-3-12(21)8-13)14-7-11(10-26)19(5-1-2-6-19)16(14)24-18(15)25/h9,11-13,23,26H,1-8,10,21H2/t11-,12+,13+/m1/s1. The molecular weight excluding hydrogens is 394 g/mol. The average Bonchev–Trinajstić information content (AvgIpc) is 3.39. The van der Waals surface area contributed by atoms with Crippen LogP contribution in [-0.2, 0) is 11.8 Å². The number of hydrogen-bond acceptors (Lipinski definition) is 5. The van der Waals surface area contributed by atoms with Crippen LogP contribution in [0, 0.1) is 5.92 Å². The molecule has 4 N–H and O–H groups in total. The fourth-order valence-corrected chi connectivity index (χ4v) is 5.97. The van der Waals surface area contributed by atoms with Crippen LogP contribution in [0.3, 0.4) is 0 Å². The Kier molecular flexibility index (Phi) is 4.03. The highest BCUT2D eigenvalue weighted by atomic mass is 79.9. The van der Waals surface area contributed by atoms with Crippen molar-refractivity contribution in [2.24, 2.45) is 11.7 Å². The number of aliphatic hydroxyl groups is 1. The number of anilines is 1. The number of nitrogens with zero attached hydrogens (tertiary/aromatic N) is 3. The molecule has 0 unspecified atom stereocenters. The molecule has 3 aliphatic rings. The number of rotatable bonds is 3. The summed E-state index contributed by atoms with van der Waals surface area (Å²) >= 11 is 3.62. The highest BCUT2D eigenvalue weighted by molar-refractivity contribution is 9.10. The summed E-state index contributed by atoms with van der Waals surface area (Å²) in [6.45, 7) is 0.230. The minimum atomic E-state index is 0.0397. The van der Waals surface area contributed by atoms with Crippen LogP contribution in [-0.4, -0.2) is 38.4 Å². The number of hydrogen-bond donors (Lipinski definition) is 3. The molecule has 2 aromatic heterocycles. The lowest BCUT2D eigenvalue weighted by Crippen LogP contribution is -2.31. The van der Waals surface area contributed by atoms with Crippen LogP contribution < -0.4 is 11.1 Å². The van der Waals surface area contributed by atoms with Gasteiger partial charge in [0.05, 0.1) is 16.4 Å². The van der Waals surface area contributed by atoms with Gasteiger partial charge in [-0.05, 0) is 60.4 Å². The van der Waals surface area contributed by atoms with Gasteiger partial charge in [-0.2, -0.15) is 9.61 Å². The van der Waals surface area contributed by atoms with E-state index in [1.165, 1.54) is 24.1 Å². The van der Waals surface area contributed by atoms with E-state index in [1.54, 1.807) is 0 Å². The molecule has 2 fully saturated rings. The molecule has 0 radical (unpaired) electrons. The number of nitrogens with one attached hydrogen (secondary N) is 1. The largest absolute Gasteiger partial charge is 0.396 e. The Bertz CT molecular complexity index is 844. The summed E-state index contributed by atoms with van der Waals surface area (Å²) in [4.78, 5) is 5.08. The van der Waals surface area contributed by atoms with Crippen LogP contribution in [0.15, 0.2) is 10.7 Å². The van der Waals surface area contributed by atoms with E-state index >= 15 is 0 Å². The zero-order chi connectivity index (χ0) is 17.9. The molecule has 0 aliphatic heterocycles. The molecule has 2 aromatic rings. The lowest BCUT2D eigenvalue weighted by molar-refractivity contribution is 0.162. The predicted molar refractivity (Wildman–Crippen MR) is 104 cm³/mol. The van der Waals surface area contributed by atoms with Crippen molar-refractivity contribution in [3.8, 4) is 0 Å². The van der Waals surface area contributed by atoms with Crippen molar-refractivity contribution in [2.75, 3.05) is 11.9 Å². The Labute approximate surface area is 161 Å². The van der Waals surface area contributed by atoms with Gasteiger partial charge in [0.15, 0.2) is 5.65 Å². The fourth-order valence-electron chi connectivity index (χ4n) is 5.62. The topological polar surface area (TPSA) is 88.5 Å².